The van der Waals surface area contributed by atoms with Crippen molar-refractivity contribution in [3.8, 4) is 6.07 Å². The minimum absolute atomic E-state index is 0.0911. The summed E-state index contributed by atoms with van der Waals surface area (Å²) in [4.78, 5) is 14.9. The molecule has 0 bridgehead atoms. The Labute approximate surface area is 196 Å². The van der Waals surface area contributed by atoms with Crippen LogP contribution in [0.5, 0.6) is 0 Å². The number of nitrogens with one attached hydrogen (secondary N) is 2. The fraction of sp³-hybridized carbons (Fsp3) is 0.481. The Balaban J connectivity index is 1.30. The molecule has 2 N–H and O–H groups in total. The Morgan fingerprint density at radius 1 is 1.06 bits per heavy atom. The highest BCUT2D eigenvalue weighted by Crippen LogP contribution is 2.24. The fourth-order valence-corrected chi connectivity index (χ4v) is 5.01. The topological polar surface area (TPSA) is 77.4 Å². The molecule has 174 valence electrons. The van der Waals surface area contributed by atoms with Crippen LogP contribution in [0.25, 0.3) is 0 Å². The summed E-state index contributed by atoms with van der Waals surface area (Å²) in [6.07, 6.45) is 6.27. The Bertz CT molecular complexity index is 969. The number of hydrogen-bond donors (Lipinski definition) is 2. The molecule has 1 saturated heterocycles. The molecule has 4 rings (SSSR count). The number of amides is 1. The largest absolute Gasteiger partial charge is 0.445 e. The number of rotatable bonds is 6. The van der Waals surface area contributed by atoms with Gasteiger partial charge in [0.05, 0.1) is 11.6 Å². The molecule has 6 nitrogen and oxygen atoms in total. The third-order valence-electron chi connectivity index (χ3n) is 6.92. The normalized spacial score (nSPS) is 22.9. The minimum Gasteiger partial charge on any atom is -0.445 e. The van der Waals surface area contributed by atoms with Gasteiger partial charge in [0.25, 0.3) is 0 Å². The molecule has 2 aromatic rings. The maximum Gasteiger partial charge on any atom is 0.407 e. The third-order valence-corrected chi connectivity index (χ3v) is 6.92. The SMILES string of the molecule is Cc1ccccc1COC(=O)NC1CCCCC1NC1CCCN(c2ccc(C#N)cc2)C1. The molecule has 1 aliphatic heterocycles. The van der Waals surface area contributed by atoms with Crippen molar-refractivity contribution in [2.75, 3.05) is 18.0 Å². The van der Waals surface area contributed by atoms with Crippen molar-refractivity contribution in [3.63, 3.8) is 0 Å². The van der Waals surface area contributed by atoms with Gasteiger partial charge >= 0.3 is 6.09 Å². The van der Waals surface area contributed by atoms with Gasteiger partial charge in [-0.25, -0.2) is 4.79 Å². The van der Waals surface area contributed by atoms with Crippen LogP contribution in [0.2, 0.25) is 0 Å². The molecule has 3 unspecified atom stereocenters. The maximum absolute atomic E-state index is 12.5. The number of nitriles is 1. The summed E-state index contributed by atoms with van der Waals surface area (Å²) in [7, 11) is 0. The highest BCUT2D eigenvalue weighted by molar-refractivity contribution is 5.67. The average molecular weight is 447 g/mol. The van der Waals surface area contributed by atoms with Crippen LogP contribution in [-0.4, -0.2) is 37.3 Å². The molecule has 0 aromatic heterocycles. The van der Waals surface area contributed by atoms with Crippen LogP contribution in [-0.2, 0) is 11.3 Å². The van der Waals surface area contributed by atoms with Gasteiger partial charge in [0.2, 0.25) is 0 Å². The van der Waals surface area contributed by atoms with Crippen molar-refractivity contribution in [1.29, 1.82) is 5.26 Å². The van der Waals surface area contributed by atoms with Crippen LogP contribution in [0.1, 0.15) is 55.2 Å². The van der Waals surface area contributed by atoms with E-state index in [-0.39, 0.29) is 18.2 Å². The van der Waals surface area contributed by atoms with Crippen molar-refractivity contribution >= 4 is 11.8 Å². The lowest BCUT2D eigenvalue weighted by molar-refractivity contribution is 0.128. The van der Waals surface area contributed by atoms with E-state index in [1.54, 1.807) is 0 Å². The first-order valence-electron chi connectivity index (χ1n) is 12.1. The number of ether oxygens (including phenoxy) is 1. The lowest BCUT2D eigenvalue weighted by Gasteiger charge is -2.40. The number of alkyl carbamates (subject to hydrolysis) is 1. The molecule has 6 heteroatoms. The lowest BCUT2D eigenvalue weighted by atomic mass is 9.89. The van der Waals surface area contributed by atoms with Gasteiger partial charge in [0.1, 0.15) is 6.61 Å². The van der Waals surface area contributed by atoms with E-state index >= 15 is 0 Å². The Kier molecular flexibility index (Phi) is 7.85. The zero-order chi connectivity index (χ0) is 23.0. The summed E-state index contributed by atoms with van der Waals surface area (Å²) in [6, 6.07) is 18.7. The van der Waals surface area contributed by atoms with E-state index in [0.717, 1.165) is 56.3 Å². The predicted molar refractivity (Wildman–Crippen MR) is 130 cm³/mol. The van der Waals surface area contributed by atoms with E-state index in [0.29, 0.717) is 18.2 Å². The minimum atomic E-state index is -0.334. The molecular weight excluding hydrogens is 412 g/mol. The highest BCUT2D eigenvalue weighted by atomic mass is 16.5. The van der Waals surface area contributed by atoms with Crippen LogP contribution in [0.4, 0.5) is 10.5 Å². The second-order valence-electron chi connectivity index (χ2n) is 9.25. The molecule has 1 amide bonds. The maximum atomic E-state index is 12.5. The van der Waals surface area contributed by atoms with E-state index in [9.17, 15) is 4.79 Å². The number of nitrogens with zero attached hydrogens (tertiary/aromatic N) is 2. The molecule has 1 aliphatic carbocycles. The molecular formula is C27H34N4O2. The molecule has 33 heavy (non-hydrogen) atoms. The van der Waals surface area contributed by atoms with Gasteiger partial charge in [-0.2, -0.15) is 5.26 Å². The number of carbonyl (C=O) groups excluding carboxylic acids is 1. The van der Waals surface area contributed by atoms with Crippen LogP contribution in [0, 0.1) is 18.3 Å². The van der Waals surface area contributed by atoms with Gasteiger partial charge in [0.15, 0.2) is 0 Å². The van der Waals surface area contributed by atoms with Gasteiger partial charge in [-0.3, -0.25) is 0 Å². The number of aryl methyl sites for hydroxylation is 1. The van der Waals surface area contributed by atoms with Gasteiger partial charge in [0, 0.05) is 36.9 Å². The monoisotopic (exact) mass is 446 g/mol. The third kappa shape index (κ3) is 6.27. The van der Waals surface area contributed by atoms with E-state index in [1.165, 1.54) is 12.1 Å². The number of piperidine rings is 1. The predicted octanol–water partition coefficient (Wildman–Crippen LogP) is 4.66. The quantitative estimate of drug-likeness (QED) is 0.675. The molecule has 2 aliphatic rings. The van der Waals surface area contributed by atoms with Gasteiger partial charge in [-0.15, -0.1) is 0 Å². The van der Waals surface area contributed by atoms with Crippen molar-refractivity contribution < 1.29 is 9.53 Å². The van der Waals surface area contributed by atoms with Crippen molar-refractivity contribution in [2.45, 2.75) is 70.2 Å². The summed E-state index contributed by atoms with van der Waals surface area (Å²) >= 11 is 0. The van der Waals surface area contributed by atoms with Gasteiger partial charge in [-0.05, 0) is 68.0 Å². The van der Waals surface area contributed by atoms with Crippen molar-refractivity contribution in [3.05, 3.63) is 65.2 Å². The molecule has 1 saturated carbocycles. The van der Waals surface area contributed by atoms with Crippen LogP contribution < -0.4 is 15.5 Å². The molecule has 3 atom stereocenters. The fourth-order valence-electron chi connectivity index (χ4n) is 5.01. The first kappa shape index (κ1) is 23.1. The Morgan fingerprint density at radius 2 is 1.82 bits per heavy atom. The second kappa shape index (κ2) is 11.2. The first-order chi connectivity index (χ1) is 16.1. The van der Waals surface area contributed by atoms with E-state index in [1.807, 2.05) is 55.5 Å². The average Bonchev–Trinajstić information content (AvgIpc) is 2.85. The number of anilines is 1. The number of carbonyl (C=O) groups is 1. The van der Waals surface area contributed by atoms with E-state index < -0.39 is 0 Å². The van der Waals surface area contributed by atoms with E-state index in [4.69, 9.17) is 10.00 Å². The highest BCUT2D eigenvalue weighted by Gasteiger charge is 2.30. The smallest absolute Gasteiger partial charge is 0.407 e. The van der Waals surface area contributed by atoms with E-state index in [2.05, 4.69) is 21.6 Å². The molecule has 1 heterocycles. The second-order valence-corrected chi connectivity index (χ2v) is 9.25. The van der Waals surface area contributed by atoms with Crippen LogP contribution in [0.3, 0.4) is 0 Å². The lowest BCUT2D eigenvalue weighted by Crippen LogP contribution is -2.57. The van der Waals surface area contributed by atoms with Gasteiger partial charge in [-0.1, -0.05) is 37.1 Å². The molecule has 0 radical (unpaired) electrons. The Morgan fingerprint density at radius 3 is 2.58 bits per heavy atom. The van der Waals surface area contributed by atoms with Crippen LogP contribution >= 0.6 is 0 Å². The Hall–Kier alpha value is -3.04. The summed E-state index contributed by atoms with van der Waals surface area (Å²) in [6.45, 7) is 4.29. The van der Waals surface area contributed by atoms with Crippen molar-refractivity contribution in [1.82, 2.24) is 10.6 Å². The number of benzene rings is 2. The summed E-state index contributed by atoms with van der Waals surface area (Å²) in [5, 5.41) is 16.0. The number of hydrogen-bond acceptors (Lipinski definition) is 5. The zero-order valence-corrected chi connectivity index (χ0v) is 19.4. The molecule has 2 aromatic carbocycles. The summed E-state index contributed by atoms with van der Waals surface area (Å²) in [5.74, 6) is 0. The van der Waals surface area contributed by atoms with Gasteiger partial charge < -0.3 is 20.3 Å². The van der Waals surface area contributed by atoms with Crippen LogP contribution in [0.15, 0.2) is 48.5 Å². The molecule has 2 fully saturated rings. The summed E-state index contributed by atoms with van der Waals surface area (Å²) < 4.78 is 5.53. The first-order valence-corrected chi connectivity index (χ1v) is 12.1. The molecule has 0 spiro atoms. The zero-order valence-electron chi connectivity index (χ0n) is 19.4. The standard InChI is InChI=1S/C27H34N4O2/c1-20-7-2-3-8-22(20)19-33-27(32)30-26-11-5-4-10-25(26)29-23-9-6-16-31(18-23)24-14-12-21(17-28)13-15-24/h2-3,7-8,12-15,23,25-26,29H,4-6,9-11,16,18-19H2,1H3,(H,30,32). The van der Waals surface area contributed by atoms with Crippen molar-refractivity contribution in [2.24, 2.45) is 0 Å². The summed E-state index contributed by atoms with van der Waals surface area (Å²) in [5.41, 5.74) is 4.03.